The standard InChI is InChI=1S/C21H25N3O3/c25-20(24-13-9-21(10-14-24)8-12-22-16-21)15-26-17-4-6-18(7-5-17)27-19-3-1-2-11-23-19/h1-7,11,22H,8-10,12-16H2. The predicted octanol–water partition coefficient (Wildman–Crippen LogP) is 2.85. The monoisotopic (exact) mass is 367 g/mol. The first kappa shape index (κ1) is 17.8. The Bertz CT molecular complexity index is 748. The van der Waals surface area contributed by atoms with Gasteiger partial charge >= 0.3 is 0 Å². The summed E-state index contributed by atoms with van der Waals surface area (Å²) in [5.74, 6) is 1.94. The van der Waals surface area contributed by atoms with Gasteiger partial charge in [-0.15, -0.1) is 0 Å². The van der Waals surface area contributed by atoms with Crippen molar-refractivity contribution in [1.29, 1.82) is 0 Å². The minimum absolute atomic E-state index is 0.0598. The number of nitrogens with zero attached hydrogens (tertiary/aromatic N) is 2. The van der Waals surface area contributed by atoms with Gasteiger partial charge in [0, 0.05) is 31.9 Å². The van der Waals surface area contributed by atoms with Gasteiger partial charge in [-0.1, -0.05) is 6.07 Å². The highest BCUT2D eigenvalue weighted by Crippen LogP contribution is 2.36. The third-order valence-corrected chi connectivity index (χ3v) is 5.56. The molecule has 0 radical (unpaired) electrons. The summed E-state index contributed by atoms with van der Waals surface area (Å²) in [4.78, 5) is 18.5. The van der Waals surface area contributed by atoms with Crippen LogP contribution in [-0.4, -0.2) is 48.6 Å². The molecule has 27 heavy (non-hydrogen) atoms. The molecule has 1 aromatic carbocycles. The molecule has 3 heterocycles. The van der Waals surface area contributed by atoms with E-state index in [0.29, 0.717) is 22.8 Å². The number of hydrogen-bond donors (Lipinski definition) is 1. The third kappa shape index (κ3) is 4.39. The zero-order valence-corrected chi connectivity index (χ0v) is 15.4. The predicted molar refractivity (Wildman–Crippen MR) is 102 cm³/mol. The van der Waals surface area contributed by atoms with Crippen LogP contribution >= 0.6 is 0 Å². The fraction of sp³-hybridized carbons (Fsp3) is 0.429. The van der Waals surface area contributed by atoms with Crippen molar-refractivity contribution >= 4 is 5.91 Å². The van der Waals surface area contributed by atoms with Crippen LogP contribution in [0, 0.1) is 5.41 Å². The second-order valence-electron chi connectivity index (χ2n) is 7.34. The van der Waals surface area contributed by atoms with E-state index >= 15 is 0 Å². The van der Waals surface area contributed by atoms with Gasteiger partial charge < -0.3 is 19.7 Å². The number of rotatable bonds is 5. The molecular weight excluding hydrogens is 342 g/mol. The zero-order valence-electron chi connectivity index (χ0n) is 15.4. The Hall–Kier alpha value is -2.60. The van der Waals surface area contributed by atoms with Crippen LogP contribution in [0.3, 0.4) is 0 Å². The molecule has 142 valence electrons. The highest BCUT2D eigenvalue weighted by atomic mass is 16.5. The summed E-state index contributed by atoms with van der Waals surface area (Å²) in [6.07, 6.45) is 5.10. The van der Waals surface area contributed by atoms with Crippen molar-refractivity contribution in [3.8, 4) is 17.4 Å². The molecule has 2 aliphatic rings. The Morgan fingerprint density at radius 1 is 1.07 bits per heavy atom. The molecular formula is C21H25N3O3. The molecule has 0 unspecified atom stereocenters. The Labute approximate surface area is 159 Å². The third-order valence-electron chi connectivity index (χ3n) is 5.56. The van der Waals surface area contributed by atoms with E-state index in [1.165, 1.54) is 6.42 Å². The molecule has 0 aliphatic carbocycles. The molecule has 2 aliphatic heterocycles. The highest BCUT2D eigenvalue weighted by molar-refractivity contribution is 5.77. The average molecular weight is 367 g/mol. The number of amides is 1. The highest BCUT2D eigenvalue weighted by Gasteiger charge is 2.37. The van der Waals surface area contributed by atoms with Crippen LogP contribution in [0.2, 0.25) is 0 Å². The average Bonchev–Trinajstić information content (AvgIpc) is 3.16. The number of pyridine rings is 1. The molecule has 2 aromatic rings. The molecule has 1 amide bonds. The topological polar surface area (TPSA) is 63.7 Å². The van der Waals surface area contributed by atoms with Crippen molar-refractivity contribution in [2.45, 2.75) is 19.3 Å². The Kier molecular flexibility index (Phi) is 5.25. The SMILES string of the molecule is O=C(COc1ccc(Oc2ccccn2)cc1)N1CCC2(CCNC2)CC1. The fourth-order valence-electron chi connectivity index (χ4n) is 3.82. The number of ether oxygens (including phenoxy) is 2. The van der Waals surface area contributed by atoms with E-state index in [-0.39, 0.29) is 12.5 Å². The molecule has 6 nitrogen and oxygen atoms in total. The molecule has 6 heteroatoms. The van der Waals surface area contributed by atoms with Gasteiger partial charge in [0.25, 0.3) is 5.91 Å². The van der Waals surface area contributed by atoms with E-state index in [2.05, 4.69) is 10.3 Å². The van der Waals surface area contributed by atoms with Gasteiger partial charge in [0.05, 0.1) is 0 Å². The number of hydrogen-bond acceptors (Lipinski definition) is 5. The minimum Gasteiger partial charge on any atom is -0.484 e. The second-order valence-corrected chi connectivity index (χ2v) is 7.34. The van der Waals surface area contributed by atoms with Crippen molar-refractivity contribution in [2.75, 3.05) is 32.8 Å². The van der Waals surface area contributed by atoms with Crippen LogP contribution in [0.25, 0.3) is 0 Å². The van der Waals surface area contributed by atoms with Gasteiger partial charge in [0.1, 0.15) is 11.5 Å². The van der Waals surface area contributed by atoms with Gasteiger partial charge in [-0.3, -0.25) is 4.79 Å². The molecule has 1 N–H and O–H groups in total. The Balaban J connectivity index is 1.24. The molecule has 0 saturated carbocycles. The van der Waals surface area contributed by atoms with Gasteiger partial charge in [-0.2, -0.15) is 0 Å². The maximum atomic E-state index is 12.4. The van der Waals surface area contributed by atoms with Crippen molar-refractivity contribution in [3.05, 3.63) is 48.7 Å². The summed E-state index contributed by atoms with van der Waals surface area (Å²) < 4.78 is 11.3. The number of carbonyl (C=O) groups is 1. The first-order chi connectivity index (χ1) is 13.2. The quantitative estimate of drug-likeness (QED) is 0.880. The Morgan fingerprint density at radius 3 is 2.52 bits per heavy atom. The molecule has 2 fully saturated rings. The first-order valence-electron chi connectivity index (χ1n) is 9.53. The van der Waals surface area contributed by atoms with Crippen molar-refractivity contribution in [3.63, 3.8) is 0 Å². The number of benzene rings is 1. The van der Waals surface area contributed by atoms with Gasteiger partial charge in [-0.05, 0) is 61.6 Å². The van der Waals surface area contributed by atoms with E-state index in [1.54, 1.807) is 24.4 Å². The van der Waals surface area contributed by atoms with E-state index in [1.807, 2.05) is 29.2 Å². The number of nitrogens with one attached hydrogen (secondary N) is 1. The first-order valence-corrected chi connectivity index (χ1v) is 9.53. The summed E-state index contributed by atoms with van der Waals surface area (Å²) in [5.41, 5.74) is 0.418. The molecule has 0 bridgehead atoms. The summed E-state index contributed by atoms with van der Waals surface area (Å²) in [7, 11) is 0. The number of aromatic nitrogens is 1. The number of likely N-dealkylation sites (tertiary alicyclic amines) is 1. The zero-order chi connectivity index (χ0) is 18.5. The number of carbonyl (C=O) groups excluding carboxylic acids is 1. The maximum absolute atomic E-state index is 12.4. The van der Waals surface area contributed by atoms with Crippen LogP contribution in [0.15, 0.2) is 48.7 Å². The fourth-order valence-corrected chi connectivity index (χ4v) is 3.82. The summed E-state index contributed by atoms with van der Waals surface area (Å²) in [5, 5.41) is 3.45. The summed E-state index contributed by atoms with van der Waals surface area (Å²) in [6.45, 7) is 3.95. The van der Waals surface area contributed by atoms with Gasteiger partial charge in [0.15, 0.2) is 6.61 Å². The van der Waals surface area contributed by atoms with E-state index < -0.39 is 0 Å². The van der Waals surface area contributed by atoms with E-state index in [0.717, 1.165) is 39.0 Å². The lowest BCUT2D eigenvalue weighted by Gasteiger charge is -2.38. The van der Waals surface area contributed by atoms with Crippen molar-refractivity contribution in [1.82, 2.24) is 15.2 Å². The molecule has 0 atom stereocenters. The molecule has 4 rings (SSSR count). The lowest BCUT2D eigenvalue weighted by atomic mass is 9.78. The van der Waals surface area contributed by atoms with Crippen LogP contribution in [0.1, 0.15) is 19.3 Å². The second kappa shape index (κ2) is 7.96. The maximum Gasteiger partial charge on any atom is 0.260 e. The lowest BCUT2D eigenvalue weighted by molar-refractivity contribution is -0.135. The van der Waals surface area contributed by atoms with Crippen LogP contribution < -0.4 is 14.8 Å². The lowest BCUT2D eigenvalue weighted by Crippen LogP contribution is -2.45. The molecule has 1 spiro atoms. The van der Waals surface area contributed by atoms with Crippen LogP contribution in [-0.2, 0) is 4.79 Å². The van der Waals surface area contributed by atoms with Crippen molar-refractivity contribution < 1.29 is 14.3 Å². The molecule has 2 saturated heterocycles. The summed E-state index contributed by atoms with van der Waals surface area (Å²) >= 11 is 0. The summed E-state index contributed by atoms with van der Waals surface area (Å²) in [6, 6.07) is 12.7. The largest absolute Gasteiger partial charge is 0.484 e. The minimum atomic E-state index is 0.0598. The van der Waals surface area contributed by atoms with E-state index in [4.69, 9.17) is 9.47 Å². The molecule has 1 aromatic heterocycles. The van der Waals surface area contributed by atoms with E-state index in [9.17, 15) is 4.79 Å². The van der Waals surface area contributed by atoms with Crippen molar-refractivity contribution in [2.24, 2.45) is 5.41 Å². The number of piperidine rings is 1. The van der Waals surface area contributed by atoms with Gasteiger partial charge in [-0.25, -0.2) is 4.98 Å². The normalized spacial score (nSPS) is 18.4. The Morgan fingerprint density at radius 2 is 1.85 bits per heavy atom. The van der Waals surface area contributed by atoms with Crippen LogP contribution in [0.5, 0.6) is 17.4 Å². The van der Waals surface area contributed by atoms with Crippen LogP contribution in [0.4, 0.5) is 0 Å². The van der Waals surface area contributed by atoms with Gasteiger partial charge in [0.2, 0.25) is 5.88 Å². The smallest absolute Gasteiger partial charge is 0.260 e.